The van der Waals surface area contributed by atoms with Gasteiger partial charge in [0, 0.05) is 10.6 Å². The van der Waals surface area contributed by atoms with Crippen LogP contribution in [0, 0.1) is 5.82 Å². The molecule has 0 aliphatic carbocycles. The van der Waals surface area contributed by atoms with Crippen LogP contribution in [0.15, 0.2) is 65.8 Å². The number of methoxy groups -OCH3 is 1. The van der Waals surface area contributed by atoms with Crippen LogP contribution in [0.1, 0.15) is 26.3 Å². The second-order valence-electron chi connectivity index (χ2n) is 6.13. The van der Waals surface area contributed by atoms with E-state index in [9.17, 15) is 14.0 Å². The zero-order valence-corrected chi connectivity index (χ0v) is 17.6. The Kier molecular flexibility index (Phi) is 7.23. The molecule has 31 heavy (non-hydrogen) atoms. The number of hydrazone groups is 1. The summed E-state index contributed by atoms with van der Waals surface area (Å²) in [5.41, 5.74) is 3.33. The molecule has 0 fully saturated rings. The molecule has 0 saturated heterocycles. The molecule has 0 atom stereocenters. The van der Waals surface area contributed by atoms with Crippen molar-refractivity contribution in [2.24, 2.45) is 5.10 Å². The predicted molar refractivity (Wildman–Crippen MR) is 116 cm³/mol. The number of halogens is 3. The molecular formula is C22H15Cl2FN2O4. The van der Waals surface area contributed by atoms with Crippen molar-refractivity contribution < 1.29 is 23.5 Å². The fourth-order valence-corrected chi connectivity index (χ4v) is 2.98. The Morgan fingerprint density at radius 2 is 1.74 bits per heavy atom. The zero-order valence-electron chi connectivity index (χ0n) is 16.1. The number of carbonyl (C=O) groups excluding carboxylic acids is 2. The maximum absolute atomic E-state index is 12.9. The molecule has 158 valence electrons. The standard InChI is InChI=1S/C22H15Cl2FN2O4/c1-30-20-10-13(12-26-27-21(28)14-3-6-16(25)7-4-14)2-9-19(20)31-22(29)17-8-5-15(23)11-18(17)24/h2-12H,1H3,(H,27,28). The molecule has 0 radical (unpaired) electrons. The van der Waals surface area contributed by atoms with Crippen molar-refractivity contribution in [2.45, 2.75) is 0 Å². The molecule has 0 aromatic heterocycles. The molecule has 6 nitrogen and oxygen atoms in total. The Morgan fingerprint density at radius 1 is 1.00 bits per heavy atom. The van der Waals surface area contributed by atoms with Gasteiger partial charge in [-0.1, -0.05) is 23.2 Å². The average Bonchev–Trinajstić information content (AvgIpc) is 2.75. The lowest BCUT2D eigenvalue weighted by atomic mass is 10.2. The largest absolute Gasteiger partial charge is 0.493 e. The van der Waals surface area contributed by atoms with Gasteiger partial charge >= 0.3 is 5.97 Å². The zero-order chi connectivity index (χ0) is 22.4. The van der Waals surface area contributed by atoms with Gasteiger partial charge in [0.15, 0.2) is 11.5 Å². The fraction of sp³-hybridized carbons (Fsp3) is 0.0455. The second kappa shape index (κ2) is 10.1. The summed E-state index contributed by atoms with van der Waals surface area (Å²) in [6.07, 6.45) is 1.38. The predicted octanol–water partition coefficient (Wildman–Crippen LogP) is 5.12. The maximum Gasteiger partial charge on any atom is 0.345 e. The minimum atomic E-state index is -0.673. The van der Waals surface area contributed by atoms with Crippen LogP contribution in [0.25, 0.3) is 0 Å². The third kappa shape index (κ3) is 5.81. The Hall–Kier alpha value is -3.42. The van der Waals surface area contributed by atoms with E-state index in [4.69, 9.17) is 32.7 Å². The highest BCUT2D eigenvalue weighted by molar-refractivity contribution is 6.36. The topological polar surface area (TPSA) is 77.0 Å². The lowest BCUT2D eigenvalue weighted by molar-refractivity contribution is 0.0729. The number of nitrogens with zero attached hydrogens (tertiary/aromatic N) is 1. The van der Waals surface area contributed by atoms with Gasteiger partial charge in [-0.15, -0.1) is 0 Å². The van der Waals surface area contributed by atoms with E-state index in [0.717, 1.165) is 0 Å². The summed E-state index contributed by atoms with van der Waals surface area (Å²) in [6.45, 7) is 0. The Labute approximate surface area is 187 Å². The molecule has 0 unspecified atom stereocenters. The van der Waals surface area contributed by atoms with Gasteiger partial charge in [-0.3, -0.25) is 4.79 Å². The Morgan fingerprint density at radius 3 is 2.42 bits per heavy atom. The van der Waals surface area contributed by atoms with Crippen LogP contribution in [-0.2, 0) is 0 Å². The van der Waals surface area contributed by atoms with Gasteiger partial charge in [-0.2, -0.15) is 5.10 Å². The van der Waals surface area contributed by atoms with E-state index >= 15 is 0 Å². The number of benzene rings is 3. The summed E-state index contributed by atoms with van der Waals surface area (Å²) in [7, 11) is 1.42. The first-order valence-corrected chi connectivity index (χ1v) is 9.57. The number of nitrogens with one attached hydrogen (secondary N) is 1. The van der Waals surface area contributed by atoms with Crippen molar-refractivity contribution in [3.8, 4) is 11.5 Å². The molecule has 3 aromatic carbocycles. The third-order valence-electron chi connectivity index (χ3n) is 4.03. The number of ether oxygens (including phenoxy) is 2. The van der Waals surface area contributed by atoms with Crippen LogP contribution in [0.5, 0.6) is 11.5 Å². The number of rotatable bonds is 6. The van der Waals surface area contributed by atoms with Gasteiger partial charge in [-0.25, -0.2) is 14.6 Å². The molecule has 1 amide bonds. The first-order chi connectivity index (χ1) is 14.9. The van der Waals surface area contributed by atoms with Gasteiger partial charge in [0.05, 0.1) is 23.9 Å². The Balaban J connectivity index is 1.69. The molecule has 0 spiro atoms. The van der Waals surface area contributed by atoms with E-state index in [0.29, 0.717) is 10.6 Å². The normalized spacial score (nSPS) is 10.7. The highest BCUT2D eigenvalue weighted by Gasteiger charge is 2.16. The van der Waals surface area contributed by atoms with Gasteiger partial charge < -0.3 is 9.47 Å². The molecule has 0 heterocycles. The lowest BCUT2D eigenvalue weighted by Crippen LogP contribution is -2.17. The van der Waals surface area contributed by atoms with Crippen molar-refractivity contribution in [1.82, 2.24) is 5.43 Å². The van der Waals surface area contributed by atoms with Gasteiger partial charge in [-0.05, 0) is 66.2 Å². The molecule has 0 aliphatic heterocycles. The van der Waals surface area contributed by atoms with Gasteiger partial charge in [0.2, 0.25) is 0 Å². The van der Waals surface area contributed by atoms with Crippen molar-refractivity contribution in [2.75, 3.05) is 7.11 Å². The summed E-state index contributed by atoms with van der Waals surface area (Å²) in [4.78, 5) is 24.4. The smallest absolute Gasteiger partial charge is 0.345 e. The summed E-state index contributed by atoms with van der Waals surface area (Å²) in [6, 6.07) is 14.2. The molecule has 9 heteroatoms. The van der Waals surface area contributed by atoms with E-state index in [1.54, 1.807) is 12.1 Å². The van der Waals surface area contributed by atoms with Crippen molar-refractivity contribution in [1.29, 1.82) is 0 Å². The van der Waals surface area contributed by atoms with Crippen LogP contribution in [0.2, 0.25) is 10.0 Å². The second-order valence-corrected chi connectivity index (χ2v) is 6.97. The molecule has 0 aliphatic rings. The molecular weight excluding hydrogens is 446 g/mol. The van der Waals surface area contributed by atoms with Crippen LogP contribution in [-0.4, -0.2) is 25.2 Å². The monoisotopic (exact) mass is 460 g/mol. The third-order valence-corrected chi connectivity index (χ3v) is 4.58. The van der Waals surface area contributed by atoms with Gasteiger partial charge in [0.25, 0.3) is 5.91 Å². The number of esters is 1. The fourth-order valence-electron chi connectivity index (χ4n) is 2.49. The van der Waals surface area contributed by atoms with Crippen LogP contribution >= 0.6 is 23.2 Å². The van der Waals surface area contributed by atoms with Crippen molar-refractivity contribution in [3.05, 3.63) is 93.2 Å². The Bertz CT molecular complexity index is 1150. The average molecular weight is 461 g/mol. The molecule has 1 N–H and O–H groups in total. The minimum Gasteiger partial charge on any atom is -0.493 e. The van der Waals surface area contributed by atoms with Crippen molar-refractivity contribution >= 4 is 41.3 Å². The van der Waals surface area contributed by atoms with Crippen molar-refractivity contribution in [3.63, 3.8) is 0 Å². The lowest BCUT2D eigenvalue weighted by Gasteiger charge is -2.10. The van der Waals surface area contributed by atoms with Crippen LogP contribution in [0.4, 0.5) is 4.39 Å². The molecule has 3 rings (SSSR count). The van der Waals surface area contributed by atoms with E-state index in [2.05, 4.69) is 10.5 Å². The SMILES string of the molecule is COc1cc(C=NNC(=O)c2ccc(F)cc2)ccc1OC(=O)c1ccc(Cl)cc1Cl. The highest BCUT2D eigenvalue weighted by atomic mass is 35.5. The van der Waals surface area contributed by atoms with E-state index in [1.165, 1.54) is 61.9 Å². The first-order valence-electron chi connectivity index (χ1n) is 8.81. The number of carbonyl (C=O) groups is 2. The molecule has 0 bridgehead atoms. The van der Waals surface area contributed by atoms with E-state index in [-0.39, 0.29) is 27.6 Å². The van der Waals surface area contributed by atoms with Crippen LogP contribution in [0.3, 0.4) is 0 Å². The molecule has 0 saturated carbocycles. The summed E-state index contributed by atoms with van der Waals surface area (Å²) in [5, 5.41) is 4.42. The summed E-state index contributed by atoms with van der Waals surface area (Å²) < 4.78 is 23.6. The van der Waals surface area contributed by atoms with E-state index in [1.807, 2.05) is 0 Å². The number of hydrogen-bond acceptors (Lipinski definition) is 5. The maximum atomic E-state index is 12.9. The summed E-state index contributed by atoms with van der Waals surface area (Å²) in [5.74, 6) is -1.16. The van der Waals surface area contributed by atoms with Gasteiger partial charge in [0.1, 0.15) is 5.82 Å². The quantitative estimate of drug-likeness (QED) is 0.239. The number of hydrogen-bond donors (Lipinski definition) is 1. The van der Waals surface area contributed by atoms with Crippen LogP contribution < -0.4 is 14.9 Å². The summed E-state index contributed by atoms with van der Waals surface area (Å²) >= 11 is 11.9. The minimum absolute atomic E-state index is 0.155. The first kappa shape index (κ1) is 22.3. The van der Waals surface area contributed by atoms with E-state index < -0.39 is 17.7 Å². The highest BCUT2D eigenvalue weighted by Crippen LogP contribution is 2.29. The molecule has 3 aromatic rings. The number of amides is 1.